The minimum Gasteiger partial charge on any atom is -0.870 e. The number of benzene rings is 9. The van der Waals surface area contributed by atoms with Crippen molar-refractivity contribution in [2.75, 3.05) is 14.2 Å². The molecule has 0 fully saturated rings. The van der Waals surface area contributed by atoms with Gasteiger partial charge in [0, 0.05) is 90.7 Å². The van der Waals surface area contributed by atoms with Gasteiger partial charge in [0.1, 0.15) is 4.32 Å². The van der Waals surface area contributed by atoms with Crippen LogP contribution in [0.2, 0.25) is 0 Å². The SMILES string of the molecule is CC(C)(C(=O)O)c1ccc2cncc(-c3ccc(C#N)c4ccccc34)c2c1.COC(=O)C(C)(C)Br.COC(=O)C(C)(C)c1ccc2cncc(-c3ccc(C#N)c4ccccc34)c2c1.N#Cc1ccc(-c2cncc3ccc(Br)cc23)c2ccccc12.[Li+].[OH-]. The average Bonchev–Trinajstić information content (AvgIpc) is 0.892. The van der Waals surface area contributed by atoms with Gasteiger partial charge < -0.3 is 20.1 Å². The van der Waals surface area contributed by atoms with Crippen LogP contribution in [-0.4, -0.2) is 62.0 Å². The van der Waals surface area contributed by atoms with Crippen molar-refractivity contribution in [3.63, 3.8) is 0 Å². The smallest absolute Gasteiger partial charge is 0.870 e. The van der Waals surface area contributed by atoms with Crippen LogP contribution in [0.25, 0.3) is 98.0 Å². The Bertz CT molecular complexity index is 4870. The van der Waals surface area contributed by atoms with Crippen molar-refractivity contribution in [1.82, 2.24) is 15.0 Å². The van der Waals surface area contributed by atoms with E-state index in [2.05, 4.69) is 88.0 Å². The van der Waals surface area contributed by atoms with Gasteiger partial charge in [-0.15, -0.1) is 0 Å². The normalized spacial score (nSPS) is 11.0. The molecule has 0 aliphatic heterocycles. The number of alkyl halides is 1. The van der Waals surface area contributed by atoms with Gasteiger partial charge in [-0.25, -0.2) is 0 Å². The average molecular weight is 1310 g/mol. The van der Waals surface area contributed by atoms with E-state index in [9.17, 15) is 35.3 Å². The second-order valence-corrected chi connectivity index (χ2v) is 25.2. The number of rotatable bonds is 8. The maximum atomic E-state index is 12.3. The molecule has 16 heteroatoms. The number of ether oxygens (including phenoxy) is 2. The van der Waals surface area contributed by atoms with Crippen LogP contribution in [0, 0.1) is 34.0 Å². The monoisotopic (exact) mass is 1310 g/mol. The van der Waals surface area contributed by atoms with Crippen LogP contribution in [0.3, 0.4) is 0 Å². The largest absolute Gasteiger partial charge is 1.00 e. The van der Waals surface area contributed by atoms with Crippen LogP contribution in [0.4, 0.5) is 0 Å². The van der Waals surface area contributed by atoms with Crippen LogP contribution in [0.15, 0.2) is 205 Å². The molecule has 3 aromatic heterocycles. The minimum absolute atomic E-state index is 0. The number of aliphatic carboxylic acids is 1. The summed E-state index contributed by atoms with van der Waals surface area (Å²) in [5.74, 6) is -1.40. The number of halogens is 2. The Kier molecular flexibility index (Phi) is 21.6. The summed E-state index contributed by atoms with van der Waals surface area (Å²) >= 11 is 6.68. The van der Waals surface area contributed by atoms with Crippen molar-refractivity contribution in [2.45, 2.75) is 56.7 Å². The van der Waals surface area contributed by atoms with Gasteiger partial charge in [0.05, 0.1) is 59.9 Å². The van der Waals surface area contributed by atoms with Crippen molar-refractivity contribution < 1.29 is 53.3 Å². The molecule has 9 aromatic carbocycles. The number of esters is 2. The first kappa shape index (κ1) is 67.9. The van der Waals surface area contributed by atoms with Crippen molar-refractivity contribution in [3.8, 4) is 51.6 Å². The van der Waals surface area contributed by atoms with E-state index in [1.807, 2.05) is 184 Å². The predicted molar refractivity (Wildman–Crippen MR) is 359 cm³/mol. The van der Waals surface area contributed by atoms with Crippen molar-refractivity contribution in [2.24, 2.45) is 0 Å². The van der Waals surface area contributed by atoms with E-state index < -0.39 is 21.1 Å². The molecule has 0 saturated carbocycles. The number of nitrogens with zero attached hydrogens (tertiary/aromatic N) is 6. The van der Waals surface area contributed by atoms with Crippen molar-refractivity contribution in [1.29, 1.82) is 15.8 Å². The molecular weight excluding hydrogens is 1250 g/mol. The van der Waals surface area contributed by atoms with E-state index in [4.69, 9.17) is 4.74 Å². The third-order valence-electron chi connectivity index (χ3n) is 15.6. The van der Waals surface area contributed by atoms with Crippen LogP contribution < -0.4 is 18.9 Å². The number of carboxylic acids is 1. The summed E-state index contributed by atoms with van der Waals surface area (Å²) in [6.45, 7) is 10.6. The number of hydrogen-bond acceptors (Lipinski definition) is 12. The zero-order valence-electron chi connectivity index (χ0n) is 50.9. The van der Waals surface area contributed by atoms with Gasteiger partial charge in [-0.1, -0.05) is 153 Å². The minimum atomic E-state index is -0.999. The Balaban J connectivity index is 0.000000180. The Morgan fingerprint density at radius 3 is 1.06 bits per heavy atom. The van der Waals surface area contributed by atoms with Gasteiger partial charge in [0.15, 0.2) is 0 Å². The maximum Gasteiger partial charge on any atom is 1.00 e. The quantitative estimate of drug-likeness (QED) is 0.0849. The van der Waals surface area contributed by atoms with Crippen LogP contribution in [0.1, 0.15) is 69.4 Å². The van der Waals surface area contributed by atoms with Crippen molar-refractivity contribution >= 4 is 114 Å². The molecule has 0 bridgehead atoms. The van der Waals surface area contributed by atoms with Gasteiger partial charge in [-0.2, -0.15) is 15.8 Å². The Hall–Kier alpha value is -9.61. The van der Waals surface area contributed by atoms with Crippen molar-refractivity contribution in [3.05, 3.63) is 233 Å². The molecule has 0 aliphatic rings. The fraction of sp³-hybridized carbons (Fsp3) is 0.149. The topological polar surface area (TPSA) is 230 Å². The molecule has 0 spiro atoms. The molecule has 0 unspecified atom stereocenters. The standard InChI is InChI=1S/C25H20N2O2.C24H18N2O2.C20H11BrN2.C5H9BrO2.Li.H2O/c1-25(2,24(28)29-3)18-10-8-17-14-27-15-23(22(17)12-18)21-11-9-16(13-26)19-6-4-5-7-20(19)21;1-24(2,23(27)28)17-9-7-16-13-26-14-22(21(16)11-17)20-10-8-15(12-25)18-5-3-4-6-19(18)20;21-15-7-5-14-11-23-12-20(19(14)9-15)18-8-6-13(10-22)16-3-1-2-4-17(16)18;1-5(2,6)4(7)8-3;;/h4-12,14-15H,1-3H3;3-11,13-14H,1-2H3,(H,27,28);1-9,11-12H;1-3H3;;1H2/q;;;;+1;/p-1. The molecule has 442 valence electrons. The van der Waals surface area contributed by atoms with Gasteiger partial charge >= 0.3 is 36.8 Å². The number of nitriles is 3. The molecule has 0 amide bonds. The van der Waals surface area contributed by atoms with E-state index in [1.165, 1.54) is 14.2 Å². The van der Waals surface area contributed by atoms with Crippen LogP contribution in [0.5, 0.6) is 0 Å². The molecule has 0 aliphatic carbocycles. The molecule has 0 saturated heterocycles. The summed E-state index contributed by atoms with van der Waals surface area (Å²) in [5, 5.41) is 49.8. The zero-order chi connectivity index (χ0) is 63.1. The molecular formula is C74H59Br2LiN6O7. The summed E-state index contributed by atoms with van der Waals surface area (Å²) in [7, 11) is 2.77. The fourth-order valence-electron chi connectivity index (χ4n) is 10.5. The fourth-order valence-corrected chi connectivity index (χ4v) is 11.0. The molecule has 2 N–H and O–H groups in total. The van der Waals surface area contributed by atoms with Gasteiger partial charge in [-0.05, 0) is 144 Å². The summed E-state index contributed by atoms with van der Waals surface area (Å²) in [6.07, 6.45) is 11.0. The zero-order valence-corrected chi connectivity index (χ0v) is 54.1. The predicted octanol–water partition coefficient (Wildman–Crippen LogP) is 14.5. The molecule has 12 aromatic rings. The van der Waals surface area contributed by atoms with E-state index in [1.54, 1.807) is 40.1 Å². The Labute approximate surface area is 550 Å². The maximum absolute atomic E-state index is 12.3. The number of aromatic nitrogens is 3. The van der Waals surface area contributed by atoms with E-state index in [0.717, 1.165) is 114 Å². The third kappa shape index (κ3) is 14.0. The first-order chi connectivity index (χ1) is 42.2. The molecule has 0 atom stereocenters. The number of pyridine rings is 3. The van der Waals surface area contributed by atoms with E-state index >= 15 is 0 Å². The van der Waals surface area contributed by atoms with E-state index in [0.29, 0.717) is 16.7 Å². The summed E-state index contributed by atoms with van der Waals surface area (Å²) in [6, 6.07) is 59.8. The second kappa shape index (κ2) is 28.7. The Morgan fingerprint density at radius 2 is 0.744 bits per heavy atom. The number of hydrogen-bond donors (Lipinski definition) is 1. The van der Waals surface area contributed by atoms with Gasteiger partial charge in [-0.3, -0.25) is 29.3 Å². The third-order valence-corrected chi connectivity index (χ3v) is 16.4. The summed E-state index contributed by atoms with van der Waals surface area (Å²) < 4.78 is 9.92. The first-order valence-corrected chi connectivity index (χ1v) is 29.4. The summed E-state index contributed by atoms with van der Waals surface area (Å²) in [4.78, 5) is 47.8. The molecule has 0 radical (unpaired) electrons. The van der Waals surface area contributed by atoms with Gasteiger partial charge in [0.2, 0.25) is 0 Å². The molecule has 90 heavy (non-hydrogen) atoms. The second-order valence-electron chi connectivity index (χ2n) is 22.3. The number of carbonyl (C=O) groups excluding carboxylic acids is 2. The number of fused-ring (bicyclic) bond motifs is 6. The van der Waals surface area contributed by atoms with E-state index in [-0.39, 0.29) is 36.3 Å². The Morgan fingerprint density at radius 1 is 0.422 bits per heavy atom. The number of carbonyl (C=O) groups is 3. The molecule has 12 rings (SSSR count). The summed E-state index contributed by atoms with van der Waals surface area (Å²) in [5.41, 5.74) is 7.83. The van der Waals surface area contributed by atoms with Gasteiger partial charge in [0.25, 0.3) is 0 Å². The van der Waals surface area contributed by atoms with Crippen LogP contribution >= 0.6 is 31.9 Å². The van der Waals surface area contributed by atoms with Crippen LogP contribution in [-0.2, 0) is 34.7 Å². The number of carboxylic acid groups (broad SMARTS) is 1. The molecule has 13 nitrogen and oxygen atoms in total. The molecule has 3 heterocycles. The number of methoxy groups -OCH3 is 2. The first-order valence-electron chi connectivity index (χ1n) is 27.8.